The molecule has 0 atom stereocenters. The van der Waals surface area contributed by atoms with Crippen molar-refractivity contribution in [1.82, 2.24) is 4.90 Å². The Bertz CT molecular complexity index is 940. The zero-order valence-electron chi connectivity index (χ0n) is 13.3. The summed E-state index contributed by atoms with van der Waals surface area (Å²) in [5.41, 5.74) is 0.727. The Morgan fingerprint density at radius 1 is 1.12 bits per heavy atom. The Morgan fingerprint density at radius 3 is 2.54 bits per heavy atom. The van der Waals surface area contributed by atoms with Gasteiger partial charge in [0.25, 0.3) is 16.8 Å². The fraction of sp³-hybridized carbons (Fsp3) is 0.0556. The van der Waals surface area contributed by atoms with Crippen LogP contribution in [0.4, 0.5) is 10.5 Å². The van der Waals surface area contributed by atoms with E-state index >= 15 is 0 Å². The maximum Gasteiger partial charge on any atom is 0.293 e. The van der Waals surface area contributed by atoms with E-state index in [1.54, 1.807) is 36.4 Å². The van der Waals surface area contributed by atoms with Crippen LogP contribution in [-0.2, 0) is 4.79 Å². The van der Waals surface area contributed by atoms with Crippen molar-refractivity contribution in [1.29, 1.82) is 0 Å². The van der Waals surface area contributed by atoms with Gasteiger partial charge in [-0.25, -0.2) is 0 Å². The summed E-state index contributed by atoms with van der Waals surface area (Å²) in [6, 6.07) is 14.1. The normalized spacial score (nSPS) is 15.5. The molecule has 1 fully saturated rings. The van der Waals surface area contributed by atoms with Gasteiger partial charge in [-0.2, -0.15) is 0 Å². The lowest BCUT2D eigenvalue weighted by molar-refractivity contribution is -0.384. The molecule has 1 heterocycles. The number of carbonyl (C=O) groups excluding carboxylic acids is 3. The first kappa shape index (κ1) is 17.6. The minimum Gasteiger partial charge on any atom is -0.292 e. The molecular weight excluding hydrogens is 356 g/mol. The highest BCUT2D eigenvalue weighted by Gasteiger charge is 2.36. The van der Waals surface area contributed by atoms with E-state index in [1.165, 1.54) is 24.3 Å². The second kappa shape index (κ2) is 7.32. The molecule has 0 bridgehead atoms. The second-order valence-electron chi connectivity index (χ2n) is 5.41. The lowest BCUT2D eigenvalue weighted by Gasteiger charge is -2.11. The van der Waals surface area contributed by atoms with Crippen LogP contribution in [0.15, 0.2) is 59.5 Å². The Kier molecular flexibility index (Phi) is 4.94. The van der Waals surface area contributed by atoms with Gasteiger partial charge in [-0.15, -0.1) is 0 Å². The van der Waals surface area contributed by atoms with Crippen LogP contribution in [0.25, 0.3) is 6.08 Å². The number of benzene rings is 2. The number of nitro benzene ring substituents is 1. The van der Waals surface area contributed by atoms with E-state index in [0.29, 0.717) is 22.9 Å². The van der Waals surface area contributed by atoms with Gasteiger partial charge in [0.15, 0.2) is 5.78 Å². The van der Waals surface area contributed by atoms with Crippen LogP contribution < -0.4 is 0 Å². The first-order valence-corrected chi connectivity index (χ1v) is 8.35. The number of Topliss-reactive ketones (excluding diaryl/α,β-unsaturated/α-hetero) is 1. The molecule has 0 N–H and O–H groups in total. The van der Waals surface area contributed by atoms with Crippen LogP contribution in [0.3, 0.4) is 0 Å². The molecule has 1 saturated heterocycles. The number of thioether (sulfide) groups is 1. The average molecular weight is 368 g/mol. The number of nitrogens with zero attached hydrogens (tertiary/aromatic N) is 2. The summed E-state index contributed by atoms with van der Waals surface area (Å²) in [7, 11) is 0. The van der Waals surface area contributed by atoms with Crippen molar-refractivity contribution < 1.29 is 19.3 Å². The van der Waals surface area contributed by atoms with Crippen LogP contribution in [-0.4, -0.2) is 33.3 Å². The van der Waals surface area contributed by atoms with E-state index in [-0.39, 0.29) is 22.9 Å². The first-order chi connectivity index (χ1) is 12.5. The van der Waals surface area contributed by atoms with Gasteiger partial charge in [-0.05, 0) is 23.4 Å². The summed E-state index contributed by atoms with van der Waals surface area (Å²) < 4.78 is 0. The number of non-ortho nitro benzene ring substituents is 1. The highest BCUT2D eigenvalue weighted by atomic mass is 32.2. The fourth-order valence-corrected chi connectivity index (χ4v) is 3.21. The third-order valence-corrected chi connectivity index (χ3v) is 4.56. The fourth-order valence-electron chi connectivity index (χ4n) is 2.37. The number of carbonyl (C=O) groups is 3. The van der Waals surface area contributed by atoms with Gasteiger partial charge in [-0.1, -0.05) is 42.5 Å². The van der Waals surface area contributed by atoms with Crippen molar-refractivity contribution in [2.45, 2.75) is 0 Å². The zero-order chi connectivity index (χ0) is 18.7. The molecule has 0 saturated carbocycles. The third kappa shape index (κ3) is 3.70. The number of ketones is 1. The summed E-state index contributed by atoms with van der Waals surface area (Å²) in [6.45, 7) is -0.346. The minimum absolute atomic E-state index is 0.114. The van der Waals surface area contributed by atoms with E-state index < -0.39 is 16.1 Å². The molecule has 8 heteroatoms. The molecule has 7 nitrogen and oxygen atoms in total. The molecule has 2 aromatic carbocycles. The van der Waals surface area contributed by atoms with E-state index in [2.05, 4.69) is 0 Å². The number of nitro groups is 1. The predicted octanol–water partition coefficient (Wildman–Crippen LogP) is 3.51. The lowest BCUT2D eigenvalue weighted by Crippen LogP contribution is -2.33. The minimum atomic E-state index is -0.587. The smallest absolute Gasteiger partial charge is 0.292 e. The van der Waals surface area contributed by atoms with Crippen LogP contribution in [0, 0.1) is 10.1 Å². The Morgan fingerprint density at radius 2 is 1.85 bits per heavy atom. The van der Waals surface area contributed by atoms with Gasteiger partial charge in [0.2, 0.25) is 0 Å². The van der Waals surface area contributed by atoms with E-state index in [1.807, 2.05) is 0 Å². The molecule has 1 aliphatic rings. The van der Waals surface area contributed by atoms with Crippen LogP contribution >= 0.6 is 11.8 Å². The second-order valence-corrected chi connectivity index (χ2v) is 6.40. The highest BCUT2D eigenvalue weighted by molar-refractivity contribution is 8.18. The van der Waals surface area contributed by atoms with Crippen LogP contribution in [0.2, 0.25) is 0 Å². The quantitative estimate of drug-likeness (QED) is 0.347. The number of hydrogen-bond acceptors (Lipinski definition) is 6. The zero-order valence-corrected chi connectivity index (χ0v) is 14.1. The summed E-state index contributed by atoms with van der Waals surface area (Å²) in [5, 5.41) is 10.3. The van der Waals surface area contributed by atoms with Crippen LogP contribution in [0.5, 0.6) is 0 Å². The largest absolute Gasteiger partial charge is 0.293 e. The maximum absolute atomic E-state index is 12.4. The van der Waals surface area contributed by atoms with Gasteiger partial charge in [0.1, 0.15) is 0 Å². The molecule has 26 heavy (non-hydrogen) atoms. The molecular formula is C18H12N2O5S. The topological polar surface area (TPSA) is 97.6 Å². The lowest BCUT2D eigenvalue weighted by atomic mass is 10.1. The van der Waals surface area contributed by atoms with Crippen molar-refractivity contribution in [3.63, 3.8) is 0 Å². The molecule has 1 aliphatic heterocycles. The SMILES string of the molecule is O=C(CN1C(=O)S/C(=C/c2cccc([N+](=O)[O-])c2)C1=O)c1ccccc1. The third-order valence-electron chi connectivity index (χ3n) is 3.65. The molecule has 130 valence electrons. The number of imide groups is 1. The van der Waals surface area contributed by atoms with Gasteiger partial charge in [-0.3, -0.25) is 29.4 Å². The summed E-state index contributed by atoms with van der Waals surface area (Å²) in [4.78, 5) is 48.0. The molecule has 2 aromatic rings. The van der Waals surface area contributed by atoms with Gasteiger partial charge in [0, 0.05) is 17.7 Å². The van der Waals surface area contributed by atoms with Gasteiger partial charge in [0.05, 0.1) is 16.4 Å². The summed E-state index contributed by atoms with van der Waals surface area (Å²) in [6.07, 6.45) is 1.41. The van der Waals surface area contributed by atoms with E-state index in [0.717, 1.165) is 4.90 Å². The molecule has 0 aliphatic carbocycles. The average Bonchev–Trinajstić information content (AvgIpc) is 2.90. The van der Waals surface area contributed by atoms with Crippen molar-refractivity contribution in [3.05, 3.63) is 80.7 Å². The molecule has 2 amide bonds. The Balaban J connectivity index is 1.79. The molecule has 0 spiro atoms. The number of amides is 2. The van der Waals surface area contributed by atoms with Gasteiger partial charge < -0.3 is 0 Å². The number of rotatable bonds is 5. The van der Waals surface area contributed by atoms with Crippen molar-refractivity contribution >= 4 is 40.5 Å². The standard InChI is InChI=1S/C18H12N2O5S/c21-15(13-6-2-1-3-7-13)11-19-17(22)16(26-18(19)23)10-12-5-4-8-14(9-12)20(24)25/h1-10H,11H2/b16-10+. The maximum atomic E-state index is 12.4. The molecule has 0 aromatic heterocycles. The van der Waals surface area contributed by atoms with Crippen molar-refractivity contribution in [2.24, 2.45) is 0 Å². The van der Waals surface area contributed by atoms with Crippen molar-refractivity contribution in [3.8, 4) is 0 Å². The molecule has 3 rings (SSSR count). The molecule has 0 radical (unpaired) electrons. The van der Waals surface area contributed by atoms with Crippen LogP contribution in [0.1, 0.15) is 15.9 Å². The highest BCUT2D eigenvalue weighted by Crippen LogP contribution is 2.32. The summed E-state index contributed by atoms with van der Waals surface area (Å²) >= 11 is 0.705. The Hall–Kier alpha value is -3.26. The summed E-state index contributed by atoms with van der Waals surface area (Å²) in [5.74, 6) is -0.930. The van der Waals surface area contributed by atoms with Crippen molar-refractivity contribution in [2.75, 3.05) is 6.54 Å². The monoisotopic (exact) mass is 368 g/mol. The van der Waals surface area contributed by atoms with Gasteiger partial charge >= 0.3 is 0 Å². The first-order valence-electron chi connectivity index (χ1n) is 7.54. The van der Waals surface area contributed by atoms with E-state index in [9.17, 15) is 24.5 Å². The number of hydrogen-bond donors (Lipinski definition) is 0. The molecule has 0 unspecified atom stereocenters. The Labute approximate surface area is 152 Å². The van der Waals surface area contributed by atoms with E-state index in [4.69, 9.17) is 0 Å². The predicted molar refractivity (Wildman–Crippen MR) is 96.5 cm³/mol.